The molecule has 0 aliphatic carbocycles. The fraction of sp³-hybridized carbons (Fsp3) is 0.136. The average molecular weight is 366 g/mol. The van der Waals surface area contributed by atoms with Crippen LogP contribution >= 0.6 is 11.6 Å². The summed E-state index contributed by atoms with van der Waals surface area (Å²) in [6.07, 6.45) is 0.792. The van der Waals surface area contributed by atoms with Gasteiger partial charge in [0.25, 0.3) is 5.91 Å². The quantitative estimate of drug-likeness (QED) is 0.647. The van der Waals surface area contributed by atoms with Crippen LogP contribution in [0.4, 0.5) is 0 Å². The Balaban J connectivity index is 1.58. The first-order chi connectivity index (χ1) is 12.7. The van der Waals surface area contributed by atoms with Crippen molar-refractivity contribution in [2.24, 2.45) is 0 Å². The minimum Gasteiger partial charge on any atom is -0.488 e. The minimum atomic E-state index is -0.132. The maximum absolute atomic E-state index is 12.5. The number of hydrogen-bond acceptors (Lipinski definition) is 2. The lowest BCUT2D eigenvalue weighted by molar-refractivity contribution is 0.0949. The number of ether oxygens (including phenoxy) is 1. The fourth-order valence-electron chi connectivity index (χ4n) is 2.58. The Bertz CT molecular complexity index is 848. The van der Waals surface area contributed by atoms with Crippen LogP contribution in [0.15, 0.2) is 78.9 Å². The summed E-state index contributed by atoms with van der Waals surface area (Å²) in [6, 6.07) is 24.8. The first kappa shape index (κ1) is 18.0. The highest BCUT2D eigenvalue weighted by Crippen LogP contribution is 2.20. The molecule has 0 atom stereocenters. The van der Waals surface area contributed by atoms with Crippen LogP contribution in [-0.4, -0.2) is 12.5 Å². The highest BCUT2D eigenvalue weighted by Gasteiger charge is 2.11. The van der Waals surface area contributed by atoms with E-state index in [9.17, 15) is 4.79 Å². The molecule has 1 amide bonds. The summed E-state index contributed by atoms with van der Waals surface area (Å²) >= 11 is 5.89. The Morgan fingerprint density at radius 3 is 2.31 bits per heavy atom. The molecule has 4 heteroatoms. The number of rotatable bonds is 7. The molecule has 0 radical (unpaired) electrons. The van der Waals surface area contributed by atoms with Crippen LogP contribution in [0.25, 0.3) is 0 Å². The van der Waals surface area contributed by atoms with Gasteiger partial charge in [-0.05, 0) is 41.8 Å². The van der Waals surface area contributed by atoms with Crippen LogP contribution in [-0.2, 0) is 13.0 Å². The summed E-state index contributed by atoms with van der Waals surface area (Å²) in [5.41, 5.74) is 2.73. The van der Waals surface area contributed by atoms with Crippen molar-refractivity contribution in [2.45, 2.75) is 13.0 Å². The molecular weight excluding hydrogens is 346 g/mol. The van der Waals surface area contributed by atoms with Crippen LogP contribution < -0.4 is 10.1 Å². The molecule has 0 saturated heterocycles. The molecule has 0 bridgehead atoms. The molecule has 3 aromatic rings. The van der Waals surface area contributed by atoms with Crippen molar-refractivity contribution >= 4 is 17.5 Å². The standard InChI is InChI=1S/C22H20ClNO2/c23-19-12-10-18(11-13-19)16-26-21-9-5-4-8-20(21)22(25)24-15-14-17-6-2-1-3-7-17/h1-13H,14-16H2,(H,24,25). The van der Waals surface area contributed by atoms with E-state index in [4.69, 9.17) is 16.3 Å². The highest BCUT2D eigenvalue weighted by atomic mass is 35.5. The summed E-state index contributed by atoms with van der Waals surface area (Å²) in [4.78, 5) is 12.5. The third-order valence-electron chi connectivity index (χ3n) is 3.98. The predicted molar refractivity (Wildman–Crippen MR) is 105 cm³/mol. The van der Waals surface area contributed by atoms with Gasteiger partial charge in [0.05, 0.1) is 5.56 Å². The van der Waals surface area contributed by atoms with E-state index >= 15 is 0 Å². The van der Waals surface area contributed by atoms with Crippen molar-refractivity contribution in [3.63, 3.8) is 0 Å². The number of carbonyl (C=O) groups excluding carboxylic acids is 1. The third-order valence-corrected chi connectivity index (χ3v) is 4.23. The summed E-state index contributed by atoms with van der Waals surface area (Å²) in [7, 11) is 0. The summed E-state index contributed by atoms with van der Waals surface area (Å²) in [5.74, 6) is 0.437. The highest BCUT2D eigenvalue weighted by molar-refractivity contribution is 6.30. The van der Waals surface area contributed by atoms with E-state index in [2.05, 4.69) is 17.4 Å². The van der Waals surface area contributed by atoms with Gasteiger partial charge in [0.15, 0.2) is 0 Å². The molecule has 0 saturated carbocycles. The first-order valence-electron chi connectivity index (χ1n) is 8.51. The van der Waals surface area contributed by atoms with Crippen LogP contribution in [0.3, 0.4) is 0 Å². The second-order valence-electron chi connectivity index (χ2n) is 5.90. The Morgan fingerprint density at radius 2 is 1.54 bits per heavy atom. The van der Waals surface area contributed by atoms with Gasteiger partial charge in [-0.1, -0.05) is 66.2 Å². The van der Waals surface area contributed by atoms with E-state index in [0.29, 0.717) is 29.5 Å². The molecular formula is C22H20ClNO2. The van der Waals surface area contributed by atoms with Gasteiger partial charge >= 0.3 is 0 Å². The monoisotopic (exact) mass is 365 g/mol. The Morgan fingerprint density at radius 1 is 0.846 bits per heavy atom. The number of carbonyl (C=O) groups is 1. The lowest BCUT2D eigenvalue weighted by Crippen LogP contribution is -2.26. The van der Waals surface area contributed by atoms with Crippen molar-refractivity contribution < 1.29 is 9.53 Å². The summed E-state index contributed by atoms with van der Waals surface area (Å²) in [6.45, 7) is 0.958. The van der Waals surface area contributed by atoms with Crippen LogP contribution in [0.1, 0.15) is 21.5 Å². The second kappa shape index (κ2) is 9.07. The second-order valence-corrected chi connectivity index (χ2v) is 6.34. The van der Waals surface area contributed by atoms with Gasteiger partial charge in [0.2, 0.25) is 0 Å². The molecule has 0 aromatic heterocycles. The molecule has 3 nitrogen and oxygen atoms in total. The fourth-order valence-corrected chi connectivity index (χ4v) is 2.71. The van der Waals surface area contributed by atoms with Gasteiger partial charge < -0.3 is 10.1 Å². The van der Waals surface area contributed by atoms with Crippen molar-refractivity contribution in [2.75, 3.05) is 6.54 Å². The van der Waals surface area contributed by atoms with Gasteiger partial charge in [-0.3, -0.25) is 4.79 Å². The Kier molecular flexibility index (Phi) is 6.29. The number of nitrogens with one attached hydrogen (secondary N) is 1. The number of benzene rings is 3. The van der Waals surface area contributed by atoms with Crippen molar-refractivity contribution in [3.05, 3.63) is 101 Å². The van der Waals surface area contributed by atoms with Crippen LogP contribution in [0.2, 0.25) is 5.02 Å². The van der Waals surface area contributed by atoms with Crippen LogP contribution in [0, 0.1) is 0 Å². The van der Waals surface area contributed by atoms with E-state index in [1.165, 1.54) is 5.56 Å². The molecule has 26 heavy (non-hydrogen) atoms. The molecule has 0 spiro atoms. The van der Waals surface area contributed by atoms with Gasteiger partial charge in [-0.15, -0.1) is 0 Å². The Labute approximate surface area is 158 Å². The summed E-state index contributed by atoms with van der Waals surface area (Å²) < 4.78 is 5.84. The van der Waals surface area contributed by atoms with E-state index in [0.717, 1.165) is 12.0 Å². The minimum absolute atomic E-state index is 0.132. The molecule has 0 aliphatic heterocycles. The van der Waals surface area contributed by atoms with Gasteiger partial charge in [0.1, 0.15) is 12.4 Å². The normalized spacial score (nSPS) is 10.3. The smallest absolute Gasteiger partial charge is 0.255 e. The maximum Gasteiger partial charge on any atom is 0.255 e. The van der Waals surface area contributed by atoms with Crippen LogP contribution in [0.5, 0.6) is 5.75 Å². The van der Waals surface area contributed by atoms with Crippen molar-refractivity contribution in [1.82, 2.24) is 5.32 Å². The Hall–Kier alpha value is -2.78. The molecule has 0 unspecified atom stereocenters. The molecule has 3 rings (SSSR count). The molecule has 0 fully saturated rings. The van der Waals surface area contributed by atoms with Gasteiger partial charge in [-0.25, -0.2) is 0 Å². The van der Waals surface area contributed by atoms with E-state index in [1.54, 1.807) is 6.07 Å². The van der Waals surface area contributed by atoms with E-state index < -0.39 is 0 Å². The third kappa shape index (κ3) is 5.11. The molecule has 0 heterocycles. The largest absolute Gasteiger partial charge is 0.488 e. The first-order valence-corrected chi connectivity index (χ1v) is 8.88. The zero-order valence-electron chi connectivity index (χ0n) is 14.3. The molecule has 1 N–H and O–H groups in total. The summed E-state index contributed by atoms with van der Waals surface area (Å²) in [5, 5.41) is 3.64. The number of amides is 1. The van der Waals surface area contributed by atoms with E-state index in [1.807, 2.05) is 60.7 Å². The number of halogens is 1. The topological polar surface area (TPSA) is 38.3 Å². The van der Waals surface area contributed by atoms with Crippen molar-refractivity contribution in [1.29, 1.82) is 0 Å². The maximum atomic E-state index is 12.5. The zero-order valence-corrected chi connectivity index (χ0v) is 15.1. The lowest BCUT2D eigenvalue weighted by Gasteiger charge is -2.12. The van der Waals surface area contributed by atoms with Gasteiger partial charge in [0, 0.05) is 11.6 Å². The molecule has 132 valence electrons. The molecule has 3 aromatic carbocycles. The number of hydrogen-bond donors (Lipinski definition) is 1. The molecule has 0 aliphatic rings. The van der Waals surface area contributed by atoms with Gasteiger partial charge in [-0.2, -0.15) is 0 Å². The lowest BCUT2D eigenvalue weighted by atomic mass is 10.1. The average Bonchev–Trinajstić information content (AvgIpc) is 2.68. The number of para-hydroxylation sites is 1. The SMILES string of the molecule is O=C(NCCc1ccccc1)c1ccccc1OCc1ccc(Cl)cc1. The van der Waals surface area contributed by atoms with Crippen molar-refractivity contribution in [3.8, 4) is 5.75 Å². The zero-order chi connectivity index (χ0) is 18.2. The predicted octanol–water partition coefficient (Wildman–Crippen LogP) is 4.89. The van der Waals surface area contributed by atoms with E-state index in [-0.39, 0.29) is 5.91 Å².